The fraction of sp³-hybridized carbons (Fsp3) is 0.103. The van der Waals surface area contributed by atoms with Crippen LogP contribution in [0.2, 0.25) is 0 Å². The molecule has 0 saturated heterocycles. The third-order valence-corrected chi connectivity index (χ3v) is 5.95. The summed E-state index contributed by atoms with van der Waals surface area (Å²) in [4.78, 5) is 0. The smallest absolute Gasteiger partial charge is 0.427 e. The van der Waals surface area contributed by atoms with E-state index in [1.54, 1.807) is 30.3 Å². The summed E-state index contributed by atoms with van der Waals surface area (Å²) in [6.45, 7) is 0. The fourth-order valence-corrected chi connectivity index (χ4v) is 4.22. The first-order valence-electron chi connectivity index (χ1n) is 11.2. The lowest BCUT2D eigenvalue weighted by Crippen LogP contribution is -2.23. The highest BCUT2D eigenvalue weighted by atomic mass is 19.3. The van der Waals surface area contributed by atoms with Gasteiger partial charge in [0.15, 0.2) is 0 Å². The first-order valence-corrected chi connectivity index (χ1v) is 11.2. The summed E-state index contributed by atoms with van der Waals surface area (Å²) in [5, 5.41) is 11.1. The van der Waals surface area contributed by atoms with Gasteiger partial charge in [0, 0.05) is 10.8 Å². The number of methoxy groups -OCH3 is 1. The van der Waals surface area contributed by atoms with Crippen LogP contribution < -0.4 is 14.2 Å². The summed E-state index contributed by atoms with van der Waals surface area (Å²) in [6, 6.07) is 22.1. The number of hydrogen-bond donors (Lipinski definition) is 1. The van der Waals surface area contributed by atoms with E-state index >= 15 is 17.6 Å². The number of rotatable bonds is 7. The van der Waals surface area contributed by atoms with Gasteiger partial charge < -0.3 is 19.3 Å². The Morgan fingerprint density at radius 2 is 0.973 bits per heavy atom. The molecule has 0 bridgehead atoms. The summed E-state index contributed by atoms with van der Waals surface area (Å²) >= 11 is 0. The van der Waals surface area contributed by atoms with Crippen LogP contribution in [0.5, 0.6) is 23.0 Å². The monoisotopic (exact) mass is 508 g/mol. The first kappa shape index (κ1) is 24.2. The van der Waals surface area contributed by atoms with Crippen LogP contribution in [0.15, 0.2) is 97.1 Å². The van der Waals surface area contributed by atoms with E-state index in [0.29, 0.717) is 11.1 Å². The first-order chi connectivity index (χ1) is 17.7. The average Bonchev–Trinajstić information content (AvgIpc) is 2.89. The molecule has 37 heavy (non-hydrogen) atoms. The number of ether oxygens (including phenoxy) is 3. The highest BCUT2D eigenvalue weighted by Crippen LogP contribution is 2.41. The summed E-state index contributed by atoms with van der Waals surface area (Å²) in [6.07, 6.45) is -7.48. The van der Waals surface area contributed by atoms with Crippen LogP contribution in [0, 0.1) is 0 Å². The van der Waals surface area contributed by atoms with E-state index in [4.69, 9.17) is 14.2 Å². The van der Waals surface area contributed by atoms with Gasteiger partial charge in [0.05, 0.1) is 18.2 Å². The van der Waals surface area contributed by atoms with E-state index in [1.807, 2.05) is 0 Å². The second kappa shape index (κ2) is 9.20. The Hall–Kier alpha value is -4.46. The van der Waals surface area contributed by atoms with Gasteiger partial charge in [-0.05, 0) is 59.3 Å². The third-order valence-electron chi connectivity index (χ3n) is 5.95. The predicted octanol–water partition coefficient (Wildman–Crippen LogP) is 7.96. The molecule has 8 heteroatoms. The minimum atomic E-state index is -3.76. The van der Waals surface area contributed by atoms with Gasteiger partial charge in [-0.25, -0.2) is 0 Å². The van der Waals surface area contributed by atoms with Gasteiger partial charge in [-0.2, -0.15) is 17.6 Å². The van der Waals surface area contributed by atoms with Crippen molar-refractivity contribution in [1.82, 2.24) is 0 Å². The molecule has 0 aliphatic carbocycles. The Morgan fingerprint density at radius 3 is 1.49 bits per heavy atom. The van der Waals surface area contributed by atoms with Gasteiger partial charge in [-0.15, -0.1) is 0 Å². The van der Waals surface area contributed by atoms with Gasteiger partial charge in [0.25, 0.3) is 0 Å². The highest BCUT2D eigenvalue weighted by molar-refractivity contribution is 5.92. The van der Waals surface area contributed by atoms with Gasteiger partial charge in [-0.3, -0.25) is 0 Å². The standard InChI is InChI=1S/C29H20F4O4/c1-35-27-17-15-25(21-7-3-5-9-23(21)27)29(32,33)37-19-12-10-18(11-13-19)36-28(30,31)24-14-16-26(34)22-8-4-2-6-20(22)24/h2-17,34H,1H3. The van der Waals surface area contributed by atoms with Crippen molar-refractivity contribution in [2.75, 3.05) is 7.11 Å². The molecule has 0 aliphatic heterocycles. The van der Waals surface area contributed by atoms with Crippen LogP contribution >= 0.6 is 0 Å². The van der Waals surface area contributed by atoms with Crippen molar-refractivity contribution in [3.8, 4) is 23.0 Å². The van der Waals surface area contributed by atoms with Crippen molar-refractivity contribution >= 4 is 21.5 Å². The molecule has 5 aromatic rings. The van der Waals surface area contributed by atoms with E-state index < -0.39 is 17.8 Å². The number of phenols is 1. The second-order valence-corrected chi connectivity index (χ2v) is 8.25. The number of hydrogen-bond acceptors (Lipinski definition) is 4. The molecule has 0 spiro atoms. The number of fused-ring (bicyclic) bond motifs is 2. The molecule has 0 unspecified atom stereocenters. The van der Waals surface area contributed by atoms with Crippen molar-refractivity contribution in [1.29, 1.82) is 0 Å². The molecule has 0 radical (unpaired) electrons. The topological polar surface area (TPSA) is 47.9 Å². The molecular weight excluding hydrogens is 488 g/mol. The third kappa shape index (κ3) is 4.58. The number of benzene rings is 5. The van der Waals surface area contributed by atoms with E-state index in [-0.39, 0.29) is 39.0 Å². The molecule has 1 N–H and O–H groups in total. The lowest BCUT2D eigenvalue weighted by atomic mass is 10.0. The minimum absolute atomic E-state index is 0.124. The van der Waals surface area contributed by atoms with E-state index in [1.165, 1.54) is 37.4 Å². The fourth-order valence-electron chi connectivity index (χ4n) is 4.22. The van der Waals surface area contributed by atoms with Crippen LogP contribution in [0.4, 0.5) is 17.6 Å². The normalized spacial score (nSPS) is 12.0. The molecule has 0 saturated carbocycles. The molecular formula is C29H20F4O4. The van der Waals surface area contributed by atoms with E-state index in [9.17, 15) is 5.11 Å². The zero-order chi connectivity index (χ0) is 26.2. The van der Waals surface area contributed by atoms with Crippen LogP contribution in [0.25, 0.3) is 21.5 Å². The average molecular weight is 508 g/mol. The molecule has 0 atom stereocenters. The van der Waals surface area contributed by atoms with Gasteiger partial charge in [0.2, 0.25) is 0 Å². The number of alkyl halides is 4. The Balaban J connectivity index is 1.39. The molecule has 5 aromatic carbocycles. The predicted molar refractivity (Wildman–Crippen MR) is 132 cm³/mol. The zero-order valence-electron chi connectivity index (χ0n) is 19.4. The Bertz CT molecular complexity index is 1580. The summed E-state index contributed by atoms with van der Waals surface area (Å²) < 4.78 is 75.5. The zero-order valence-corrected chi connectivity index (χ0v) is 19.4. The molecule has 0 amide bonds. The van der Waals surface area contributed by atoms with Crippen molar-refractivity contribution in [3.63, 3.8) is 0 Å². The van der Waals surface area contributed by atoms with E-state index in [2.05, 4.69) is 0 Å². The second-order valence-electron chi connectivity index (χ2n) is 8.25. The minimum Gasteiger partial charge on any atom is -0.507 e. The van der Waals surface area contributed by atoms with Crippen molar-refractivity contribution in [2.45, 2.75) is 12.2 Å². The van der Waals surface area contributed by atoms with Gasteiger partial charge in [-0.1, -0.05) is 48.5 Å². The lowest BCUT2D eigenvalue weighted by molar-refractivity contribution is -0.186. The maximum Gasteiger partial charge on any atom is 0.427 e. The maximum atomic E-state index is 15.1. The lowest BCUT2D eigenvalue weighted by Gasteiger charge is -2.22. The van der Waals surface area contributed by atoms with Crippen molar-refractivity contribution in [2.24, 2.45) is 0 Å². The SMILES string of the molecule is COc1ccc(C(F)(F)Oc2ccc(OC(F)(F)c3ccc(O)c4ccccc34)cc2)c2ccccc12. The molecule has 0 heterocycles. The van der Waals surface area contributed by atoms with Crippen molar-refractivity contribution in [3.05, 3.63) is 108 Å². The summed E-state index contributed by atoms with van der Waals surface area (Å²) in [5.74, 6) is -0.190. The Morgan fingerprint density at radius 1 is 0.541 bits per heavy atom. The number of halogens is 4. The highest BCUT2D eigenvalue weighted by Gasteiger charge is 2.38. The summed E-state index contributed by atoms with van der Waals surface area (Å²) in [5.41, 5.74) is -0.811. The van der Waals surface area contributed by atoms with Crippen LogP contribution in [-0.2, 0) is 12.2 Å². The van der Waals surface area contributed by atoms with Gasteiger partial charge in [0.1, 0.15) is 23.0 Å². The molecule has 0 fully saturated rings. The molecule has 188 valence electrons. The van der Waals surface area contributed by atoms with Crippen LogP contribution in [0.3, 0.4) is 0 Å². The molecule has 5 rings (SSSR count). The van der Waals surface area contributed by atoms with Gasteiger partial charge >= 0.3 is 12.2 Å². The van der Waals surface area contributed by atoms with Crippen LogP contribution in [0.1, 0.15) is 11.1 Å². The molecule has 0 aromatic heterocycles. The Kier molecular flexibility index (Phi) is 6.03. The maximum absolute atomic E-state index is 15.1. The Labute approximate surface area is 209 Å². The van der Waals surface area contributed by atoms with Crippen molar-refractivity contribution < 1.29 is 36.9 Å². The van der Waals surface area contributed by atoms with E-state index in [0.717, 1.165) is 36.4 Å². The number of phenolic OH excluding ortho intramolecular Hbond substituents is 1. The molecule has 4 nitrogen and oxygen atoms in total. The largest absolute Gasteiger partial charge is 0.507 e. The van der Waals surface area contributed by atoms with Crippen LogP contribution in [-0.4, -0.2) is 12.2 Å². The quantitative estimate of drug-likeness (QED) is 0.227. The number of aromatic hydroxyl groups is 1. The molecule has 0 aliphatic rings. The summed E-state index contributed by atoms with van der Waals surface area (Å²) in [7, 11) is 1.45.